The third kappa shape index (κ3) is 3.64. The zero-order valence-corrected chi connectivity index (χ0v) is 10.5. The zero-order chi connectivity index (χ0) is 13.9. The molecule has 0 saturated carbocycles. The number of ether oxygens (including phenoxy) is 1. The molecule has 0 aliphatic carbocycles. The first-order valence-electron chi connectivity index (χ1n) is 5.50. The molecule has 5 heteroatoms. The molecular formula is C14H10ClF3O. The second-order valence-electron chi connectivity index (χ2n) is 3.91. The number of para-hydroxylation sites is 1. The normalized spacial score (nSPS) is 11.4. The van der Waals surface area contributed by atoms with Gasteiger partial charge in [0, 0.05) is 0 Å². The van der Waals surface area contributed by atoms with Gasteiger partial charge in [-0.15, -0.1) is 0 Å². The summed E-state index contributed by atoms with van der Waals surface area (Å²) in [6, 6.07) is 11.8. The fourth-order valence-electron chi connectivity index (χ4n) is 1.51. The lowest BCUT2D eigenvalue weighted by atomic mass is 10.1. The third-order valence-electron chi connectivity index (χ3n) is 2.51. The van der Waals surface area contributed by atoms with Gasteiger partial charge < -0.3 is 4.74 Å². The Kier molecular flexibility index (Phi) is 4.00. The van der Waals surface area contributed by atoms with Crippen LogP contribution in [0.15, 0.2) is 48.5 Å². The SMILES string of the molecule is FC(F)(F)c1ccc(COc2ccccc2Cl)cc1. The van der Waals surface area contributed by atoms with Gasteiger partial charge in [-0.25, -0.2) is 0 Å². The highest BCUT2D eigenvalue weighted by Crippen LogP contribution is 2.29. The molecule has 0 amide bonds. The van der Waals surface area contributed by atoms with E-state index in [2.05, 4.69) is 0 Å². The molecule has 2 aromatic rings. The summed E-state index contributed by atoms with van der Waals surface area (Å²) in [6.07, 6.45) is -4.32. The summed E-state index contributed by atoms with van der Waals surface area (Å²) in [7, 11) is 0. The molecule has 0 spiro atoms. The molecule has 0 aliphatic rings. The molecule has 2 aromatic carbocycles. The number of hydrogen-bond donors (Lipinski definition) is 0. The minimum Gasteiger partial charge on any atom is -0.487 e. The summed E-state index contributed by atoms with van der Waals surface area (Å²) >= 11 is 5.90. The van der Waals surface area contributed by atoms with Crippen molar-refractivity contribution in [1.82, 2.24) is 0 Å². The molecular weight excluding hydrogens is 277 g/mol. The van der Waals surface area contributed by atoms with Crippen molar-refractivity contribution in [3.63, 3.8) is 0 Å². The van der Waals surface area contributed by atoms with E-state index < -0.39 is 11.7 Å². The number of alkyl halides is 3. The van der Waals surface area contributed by atoms with Crippen molar-refractivity contribution < 1.29 is 17.9 Å². The van der Waals surface area contributed by atoms with Crippen LogP contribution in [-0.4, -0.2) is 0 Å². The molecule has 0 N–H and O–H groups in total. The lowest BCUT2D eigenvalue weighted by Gasteiger charge is -2.09. The van der Waals surface area contributed by atoms with Crippen molar-refractivity contribution in [2.24, 2.45) is 0 Å². The maximum absolute atomic E-state index is 12.4. The predicted molar refractivity (Wildman–Crippen MR) is 67.2 cm³/mol. The Hall–Kier alpha value is -1.68. The Morgan fingerprint density at radius 3 is 2.16 bits per heavy atom. The summed E-state index contributed by atoms with van der Waals surface area (Å²) in [6.45, 7) is 0.169. The Balaban J connectivity index is 2.03. The first kappa shape index (κ1) is 13.7. The second-order valence-corrected chi connectivity index (χ2v) is 4.32. The molecule has 0 radical (unpaired) electrons. The summed E-state index contributed by atoms with van der Waals surface area (Å²) < 4.78 is 42.6. The summed E-state index contributed by atoms with van der Waals surface area (Å²) in [5.41, 5.74) is -0.0260. The van der Waals surface area contributed by atoms with E-state index >= 15 is 0 Å². The van der Waals surface area contributed by atoms with Crippen LogP contribution in [-0.2, 0) is 12.8 Å². The monoisotopic (exact) mass is 286 g/mol. The highest BCUT2D eigenvalue weighted by molar-refractivity contribution is 6.32. The zero-order valence-electron chi connectivity index (χ0n) is 9.75. The maximum atomic E-state index is 12.4. The van der Waals surface area contributed by atoms with Crippen molar-refractivity contribution in [3.8, 4) is 5.75 Å². The third-order valence-corrected chi connectivity index (χ3v) is 2.82. The molecule has 0 unspecified atom stereocenters. The number of hydrogen-bond acceptors (Lipinski definition) is 1. The number of benzene rings is 2. The van der Waals surface area contributed by atoms with Crippen LogP contribution >= 0.6 is 11.6 Å². The molecule has 0 aromatic heterocycles. The standard InChI is InChI=1S/C14H10ClF3O/c15-12-3-1-2-4-13(12)19-9-10-5-7-11(8-6-10)14(16,17)18/h1-8H,9H2. The molecule has 19 heavy (non-hydrogen) atoms. The first-order valence-corrected chi connectivity index (χ1v) is 5.88. The average Bonchev–Trinajstić information content (AvgIpc) is 2.37. The van der Waals surface area contributed by atoms with Gasteiger partial charge in [0.1, 0.15) is 12.4 Å². The van der Waals surface area contributed by atoms with E-state index in [-0.39, 0.29) is 6.61 Å². The quantitative estimate of drug-likeness (QED) is 0.777. The average molecular weight is 287 g/mol. The fourth-order valence-corrected chi connectivity index (χ4v) is 1.70. The van der Waals surface area contributed by atoms with E-state index in [0.29, 0.717) is 16.3 Å². The molecule has 0 bridgehead atoms. The lowest BCUT2D eigenvalue weighted by Crippen LogP contribution is -2.05. The number of halogens is 4. The van der Waals surface area contributed by atoms with Crippen LogP contribution in [0.5, 0.6) is 5.75 Å². The van der Waals surface area contributed by atoms with Crippen LogP contribution in [0.25, 0.3) is 0 Å². The Labute approximate surface area is 113 Å². The van der Waals surface area contributed by atoms with Gasteiger partial charge >= 0.3 is 6.18 Å². The van der Waals surface area contributed by atoms with Crippen molar-refractivity contribution in [3.05, 3.63) is 64.7 Å². The van der Waals surface area contributed by atoms with Crippen molar-refractivity contribution >= 4 is 11.6 Å². The second kappa shape index (κ2) is 5.53. The molecule has 2 rings (SSSR count). The summed E-state index contributed by atoms with van der Waals surface area (Å²) in [5, 5.41) is 0.467. The van der Waals surface area contributed by atoms with E-state index in [1.807, 2.05) is 0 Å². The molecule has 0 heterocycles. The minimum atomic E-state index is -4.32. The minimum absolute atomic E-state index is 0.169. The van der Waals surface area contributed by atoms with E-state index in [1.165, 1.54) is 12.1 Å². The van der Waals surface area contributed by atoms with Crippen LogP contribution in [0, 0.1) is 0 Å². The van der Waals surface area contributed by atoms with Gasteiger partial charge in [-0.3, -0.25) is 0 Å². The topological polar surface area (TPSA) is 9.23 Å². The molecule has 0 fully saturated rings. The van der Waals surface area contributed by atoms with Gasteiger partial charge in [0.15, 0.2) is 0 Å². The van der Waals surface area contributed by atoms with Gasteiger partial charge in [-0.2, -0.15) is 13.2 Å². The Morgan fingerprint density at radius 1 is 0.947 bits per heavy atom. The Bertz CT molecular complexity index is 549. The van der Waals surface area contributed by atoms with Gasteiger partial charge in [0.25, 0.3) is 0 Å². The van der Waals surface area contributed by atoms with Gasteiger partial charge in [-0.1, -0.05) is 35.9 Å². The summed E-state index contributed by atoms with van der Waals surface area (Å²) in [4.78, 5) is 0. The first-order chi connectivity index (χ1) is 8.97. The molecule has 0 atom stereocenters. The van der Waals surface area contributed by atoms with Crippen molar-refractivity contribution in [1.29, 1.82) is 0 Å². The van der Waals surface area contributed by atoms with Crippen LogP contribution < -0.4 is 4.74 Å². The van der Waals surface area contributed by atoms with E-state index in [1.54, 1.807) is 24.3 Å². The van der Waals surface area contributed by atoms with Gasteiger partial charge in [0.2, 0.25) is 0 Å². The highest BCUT2D eigenvalue weighted by atomic mass is 35.5. The largest absolute Gasteiger partial charge is 0.487 e. The molecule has 1 nitrogen and oxygen atoms in total. The van der Waals surface area contributed by atoms with Gasteiger partial charge in [0.05, 0.1) is 10.6 Å². The molecule has 100 valence electrons. The maximum Gasteiger partial charge on any atom is 0.416 e. The smallest absolute Gasteiger partial charge is 0.416 e. The van der Waals surface area contributed by atoms with Crippen LogP contribution in [0.3, 0.4) is 0 Å². The van der Waals surface area contributed by atoms with E-state index in [0.717, 1.165) is 12.1 Å². The highest BCUT2D eigenvalue weighted by Gasteiger charge is 2.29. The van der Waals surface area contributed by atoms with Crippen molar-refractivity contribution in [2.45, 2.75) is 12.8 Å². The lowest BCUT2D eigenvalue weighted by molar-refractivity contribution is -0.137. The van der Waals surface area contributed by atoms with E-state index in [4.69, 9.17) is 16.3 Å². The van der Waals surface area contributed by atoms with E-state index in [9.17, 15) is 13.2 Å². The van der Waals surface area contributed by atoms with Crippen LogP contribution in [0.2, 0.25) is 5.02 Å². The molecule has 0 saturated heterocycles. The van der Waals surface area contributed by atoms with Crippen molar-refractivity contribution in [2.75, 3.05) is 0 Å². The Morgan fingerprint density at radius 2 is 1.58 bits per heavy atom. The molecule has 0 aliphatic heterocycles. The van der Waals surface area contributed by atoms with Crippen LogP contribution in [0.1, 0.15) is 11.1 Å². The van der Waals surface area contributed by atoms with Crippen LogP contribution in [0.4, 0.5) is 13.2 Å². The predicted octanol–water partition coefficient (Wildman–Crippen LogP) is 4.94. The number of rotatable bonds is 3. The summed E-state index contributed by atoms with van der Waals surface area (Å²) in [5.74, 6) is 0.504. The van der Waals surface area contributed by atoms with Gasteiger partial charge in [-0.05, 0) is 29.8 Å². The fraction of sp³-hybridized carbons (Fsp3) is 0.143.